The maximum absolute atomic E-state index is 12.0. The van der Waals surface area contributed by atoms with Crippen LogP contribution in [0.1, 0.15) is 46.0 Å². The Kier molecular flexibility index (Phi) is 7.50. The first-order chi connectivity index (χ1) is 9.93. The van der Waals surface area contributed by atoms with Gasteiger partial charge in [-0.15, -0.1) is 0 Å². The Morgan fingerprint density at radius 1 is 1.38 bits per heavy atom. The lowest BCUT2D eigenvalue weighted by atomic mass is 9.96. The molecule has 0 aromatic rings. The molecule has 0 bridgehead atoms. The molecule has 122 valence electrons. The summed E-state index contributed by atoms with van der Waals surface area (Å²) in [4.78, 5) is 24.2. The molecule has 21 heavy (non-hydrogen) atoms. The molecule has 0 spiro atoms. The number of β-amino-alcohol motifs (C(OH)–C–C–N with tert-alkyl or cyclic N) is 1. The number of nitrogens with one attached hydrogen (secondary N) is 1. The van der Waals surface area contributed by atoms with Crippen LogP contribution in [0.4, 0.5) is 4.79 Å². The third-order valence-electron chi connectivity index (χ3n) is 4.38. The summed E-state index contributed by atoms with van der Waals surface area (Å²) < 4.78 is 0. The number of carboxylic acids is 1. The van der Waals surface area contributed by atoms with E-state index in [2.05, 4.69) is 5.32 Å². The van der Waals surface area contributed by atoms with Crippen molar-refractivity contribution in [3.63, 3.8) is 0 Å². The van der Waals surface area contributed by atoms with Crippen molar-refractivity contribution in [3.05, 3.63) is 0 Å². The Morgan fingerprint density at radius 3 is 2.67 bits per heavy atom. The molecule has 1 fully saturated rings. The second kappa shape index (κ2) is 8.87. The van der Waals surface area contributed by atoms with E-state index in [4.69, 9.17) is 5.11 Å². The molecule has 3 N–H and O–H groups in total. The fraction of sp³-hybridized carbons (Fsp3) is 0.867. The van der Waals surface area contributed by atoms with Gasteiger partial charge in [0.2, 0.25) is 0 Å². The molecule has 6 nitrogen and oxygen atoms in total. The minimum atomic E-state index is -0.770. The Bertz CT molecular complexity index is 349. The highest BCUT2D eigenvalue weighted by Crippen LogP contribution is 2.17. The molecule has 1 saturated heterocycles. The number of carbonyl (C=O) groups is 2. The average Bonchev–Trinajstić information content (AvgIpc) is 2.45. The van der Waals surface area contributed by atoms with Crippen LogP contribution in [0.5, 0.6) is 0 Å². The molecule has 0 radical (unpaired) electrons. The van der Waals surface area contributed by atoms with Gasteiger partial charge in [-0.25, -0.2) is 4.79 Å². The highest BCUT2D eigenvalue weighted by Gasteiger charge is 2.27. The average molecular weight is 300 g/mol. The standard InChI is InChI=1S/C15H28N2O4/c1-3-12(4-5-14(19)20)6-8-16-15(21)17-9-7-11(2)13(18)10-17/h11-13,18H,3-10H2,1-2H3,(H,16,21)(H,19,20). The van der Waals surface area contributed by atoms with Crippen molar-refractivity contribution in [2.24, 2.45) is 11.8 Å². The van der Waals surface area contributed by atoms with Gasteiger partial charge in [0.05, 0.1) is 6.10 Å². The molecule has 3 unspecified atom stereocenters. The van der Waals surface area contributed by atoms with Gasteiger partial charge in [-0.1, -0.05) is 20.3 Å². The van der Waals surface area contributed by atoms with E-state index >= 15 is 0 Å². The van der Waals surface area contributed by atoms with E-state index in [0.717, 1.165) is 19.3 Å². The van der Waals surface area contributed by atoms with Crippen LogP contribution in [0.25, 0.3) is 0 Å². The lowest BCUT2D eigenvalue weighted by molar-refractivity contribution is -0.137. The third kappa shape index (κ3) is 6.33. The topological polar surface area (TPSA) is 89.9 Å². The minimum absolute atomic E-state index is 0.131. The number of carboxylic acid groups (broad SMARTS) is 1. The molecule has 0 saturated carbocycles. The van der Waals surface area contributed by atoms with Crippen LogP contribution in [-0.2, 0) is 4.79 Å². The van der Waals surface area contributed by atoms with Crippen molar-refractivity contribution in [2.45, 2.75) is 52.1 Å². The number of hydrogen-bond donors (Lipinski definition) is 3. The molecule has 3 atom stereocenters. The van der Waals surface area contributed by atoms with Gasteiger partial charge in [0.15, 0.2) is 0 Å². The molecule has 2 amide bonds. The summed E-state index contributed by atoms with van der Waals surface area (Å²) in [6, 6.07) is -0.131. The molecule has 1 aliphatic heterocycles. The lowest BCUT2D eigenvalue weighted by Crippen LogP contribution is -2.49. The smallest absolute Gasteiger partial charge is 0.317 e. The van der Waals surface area contributed by atoms with Crippen molar-refractivity contribution in [3.8, 4) is 0 Å². The van der Waals surface area contributed by atoms with Crippen LogP contribution in [0.2, 0.25) is 0 Å². The highest BCUT2D eigenvalue weighted by atomic mass is 16.4. The van der Waals surface area contributed by atoms with Gasteiger partial charge in [-0.3, -0.25) is 4.79 Å². The van der Waals surface area contributed by atoms with Gasteiger partial charge in [-0.05, 0) is 31.1 Å². The van der Waals surface area contributed by atoms with Gasteiger partial charge >= 0.3 is 12.0 Å². The van der Waals surface area contributed by atoms with E-state index in [9.17, 15) is 14.7 Å². The van der Waals surface area contributed by atoms with E-state index in [1.54, 1.807) is 4.90 Å². The Hall–Kier alpha value is -1.30. The third-order valence-corrected chi connectivity index (χ3v) is 4.38. The lowest BCUT2D eigenvalue weighted by Gasteiger charge is -2.34. The van der Waals surface area contributed by atoms with Crippen LogP contribution in [0.15, 0.2) is 0 Å². The van der Waals surface area contributed by atoms with Crippen LogP contribution in [0, 0.1) is 11.8 Å². The van der Waals surface area contributed by atoms with Crippen molar-refractivity contribution >= 4 is 12.0 Å². The summed E-state index contributed by atoms with van der Waals surface area (Å²) in [6.07, 6.45) is 2.93. The fourth-order valence-electron chi connectivity index (χ4n) is 2.61. The van der Waals surface area contributed by atoms with E-state index in [1.165, 1.54) is 0 Å². The summed E-state index contributed by atoms with van der Waals surface area (Å²) >= 11 is 0. The molecule has 0 aromatic carbocycles. The predicted octanol–water partition coefficient (Wildman–Crippen LogP) is 1.68. The minimum Gasteiger partial charge on any atom is -0.481 e. The normalized spacial score (nSPS) is 23.7. The molecular formula is C15H28N2O4. The second-order valence-electron chi connectivity index (χ2n) is 6.01. The molecule has 1 aliphatic rings. The first-order valence-corrected chi connectivity index (χ1v) is 7.86. The molecule has 0 aromatic heterocycles. The van der Waals surface area contributed by atoms with Crippen molar-refractivity contribution in [1.29, 1.82) is 0 Å². The SMILES string of the molecule is CCC(CCNC(=O)N1CCC(C)C(O)C1)CCC(=O)O. The number of hydrogen-bond acceptors (Lipinski definition) is 3. The number of aliphatic hydroxyl groups excluding tert-OH is 1. The van der Waals surface area contributed by atoms with Crippen LogP contribution in [0.3, 0.4) is 0 Å². The number of rotatable bonds is 7. The van der Waals surface area contributed by atoms with Crippen molar-refractivity contribution in [1.82, 2.24) is 10.2 Å². The number of aliphatic hydroxyl groups is 1. The highest BCUT2D eigenvalue weighted by molar-refractivity contribution is 5.74. The maximum atomic E-state index is 12.0. The first-order valence-electron chi connectivity index (χ1n) is 7.86. The van der Waals surface area contributed by atoms with Crippen molar-refractivity contribution < 1.29 is 19.8 Å². The van der Waals surface area contributed by atoms with E-state index in [1.807, 2.05) is 13.8 Å². The van der Waals surface area contributed by atoms with E-state index in [-0.39, 0.29) is 18.4 Å². The first kappa shape index (κ1) is 17.8. The van der Waals surface area contributed by atoms with Gasteiger partial charge in [-0.2, -0.15) is 0 Å². The molecule has 1 heterocycles. The number of aliphatic carboxylic acids is 1. The van der Waals surface area contributed by atoms with Crippen LogP contribution in [-0.4, -0.2) is 52.9 Å². The Morgan fingerprint density at radius 2 is 2.10 bits per heavy atom. The summed E-state index contributed by atoms with van der Waals surface area (Å²) in [5.41, 5.74) is 0. The monoisotopic (exact) mass is 300 g/mol. The summed E-state index contributed by atoms with van der Waals surface area (Å²) in [6.45, 7) is 5.66. The Balaban J connectivity index is 2.24. The number of piperidine rings is 1. The summed E-state index contributed by atoms with van der Waals surface area (Å²) in [5, 5.41) is 21.3. The number of carbonyl (C=O) groups excluding carboxylic acids is 1. The number of amides is 2. The molecule has 6 heteroatoms. The number of urea groups is 1. The van der Waals surface area contributed by atoms with E-state index < -0.39 is 12.1 Å². The maximum Gasteiger partial charge on any atom is 0.317 e. The fourth-order valence-corrected chi connectivity index (χ4v) is 2.61. The number of likely N-dealkylation sites (tertiary alicyclic amines) is 1. The molecule has 0 aliphatic carbocycles. The number of nitrogens with zero attached hydrogens (tertiary/aromatic N) is 1. The van der Waals surface area contributed by atoms with Gasteiger partial charge in [0.1, 0.15) is 0 Å². The van der Waals surface area contributed by atoms with Gasteiger partial charge in [0.25, 0.3) is 0 Å². The molecule has 1 rings (SSSR count). The molecular weight excluding hydrogens is 272 g/mol. The van der Waals surface area contributed by atoms with Crippen LogP contribution < -0.4 is 5.32 Å². The predicted molar refractivity (Wildman–Crippen MR) is 80.0 cm³/mol. The summed E-state index contributed by atoms with van der Waals surface area (Å²) in [7, 11) is 0. The summed E-state index contributed by atoms with van der Waals surface area (Å²) in [5.74, 6) is -0.197. The zero-order valence-electron chi connectivity index (χ0n) is 13.0. The zero-order valence-corrected chi connectivity index (χ0v) is 13.0. The van der Waals surface area contributed by atoms with Crippen molar-refractivity contribution in [2.75, 3.05) is 19.6 Å². The zero-order chi connectivity index (χ0) is 15.8. The Labute approximate surface area is 126 Å². The van der Waals surface area contributed by atoms with Crippen LogP contribution >= 0.6 is 0 Å². The van der Waals surface area contributed by atoms with E-state index in [0.29, 0.717) is 32.0 Å². The van der Waals surface area contributed by atoms with Gasteiger partial charge in [0, 0.05) is 26.1 Å². The van der Waals surface area contributed by atoms with Gasteiger partial charge < -0.3 is 20.4 Å². The quantitative estimate of drug-likeness (QED) is 0.667. The second-order valence-corrected chi connectivity index (χ2v) is 6.01. The largest absolute Gasteiger partial charge is 0.481 e.